The molecule has 2 nitrogen and oxygen atoms in total. The van der Waals surface area contributed by atoms with E-state index in [0.29, 0.717) is 6.04 Å². The predicted octanol–water partition coefficient (Wildman–Crippen LogP) is 2.86. The Morgan fingerprint density at radius 3 is 3.00 bits per heavy atom. The molecular formula is C17H28N2. The average Bonchev–Trinajstić information content (AvgIpc) is 2.38. The van der Waals surface area contributed by atoms with E-state index in [1.54, 1.807) is 0 Å². The van der Waals surface area contributed by atoms with E-state index in [0.717, 1.165) is 18.9 Å². The highest BCUT2D eigenvalue weighted by Crippen LogP contribution is 2.18. The van der Waals surface area contributed by atoms with Crippen molar-refractivity contribution in [1.29, 1.82) is 0 Å². The second kappa shape index (κ2) is 7.06. The summed E-state index contributed by atoms with van der Waals surface area (Å²) < 4.78 is 0. The van der Waals surface area contributed by atoms with Crippen LogP contribution in [0.15, 0.2) is 24.3 Å². The van der Waals surface area contributed by atoms with Gasteiger partial charge in [0.1, 0.15) is 0 Å². The summed E-state index contributed by atoms with van der Waals surface area (Å²) in [6.07, 6.45) is 3.86. The first-order valence-corrected chi connectivity index (χ1v) is 7.62. The first kappa shape index (κ1) is 14.5. The smallest absolute Gasteiger partial charge is 0.00793 e. The van der Waals surface area contributed by atoms with Crippen LogP contribution in [0, 0.1) is 12.8 Å². The molecule has 1 aliphatic rings. The molecule has 106 valence electrons. The molecule has 0 aromatic heterocycles. The largest absolute Gasteiger partial charge is 0.314 e. The van der Waals surface area contributed by atoms with Crippen molar-refractivity contribution >= 4 is 0 Å². The summed E-state index contributed by atoms with van der Waals surface area (Å²) in [5, 5.41) is 3.71. The Hall–Kier alpha value is -0.860. The minimum absolute atomic E-state index is 0.632. The average molecular weight is 260 g/mol. The second-order valence-corrected chi connectivity index (χ2v) is 6.15. The Kier molecular flexibility index (Phi) is 5.41. The molecule has 2 unspecified atom stereocenters. The molecule has 2 atom stereocenters. The third-order valence-electron chi connectivity index (χ3n) is 4.33. The van der Waals surface area contributed by atoms with Gasteiger partial charge in [0.25, 0.3) is 0 Å². The summed E-state index contributed by atoms with van der Waals surface area (Å²) in [4.78, 5) is 2.47. The van der Waals surface area contributed by atoms with Crippen LogP contribution in [-0.4, -0.2) is 37.6 Å². The van der Waals surface area contributed by atoms with Gasteiger partial charge in [0.15, 0.2) is 0 Å². The van der Waals surface area contributed by atoms with E-state index in [-0.39, 0.29) is 0 Å². The van der Waals surface area contributed by atoms with E-state index < -0.39 is 0 Å². The van der Waals surface area contributed by atoms with Crippen molar-refractivity contribution in [3.05, 3.63) is 35.4 Å². The zero-order valence-corrected chi connectivity index (χ0v) is 12.7. The van der Waals surface area contributed by atoms with Crippen molar-refractivity contribution in [3.63, 3.8) is 0 Å². The highest BCUT2D eigenvalue weighted by Gasteiger charge is 2.22. The van der Waals surface area contributed by atoms with E-state index in [4.69, 9.17) is 0 Å². The normalized spacial score (nSPS) is 22.4. The molecule has 1 heterocycles. The summed E-state index contributed by atoms with van der Waals surface area (Å²) in [5.41, 5.74) is 2.81. The lowest BCUT2D eigenvalue weighted by Gasteiger charge is -2.34. The van der Waals surface area contributed by atoms with Gasteiger partial charge >= 0.3 is 0 Å². The standard InChI is InChI=1S/C17H28N2/c1-14-6-4-7-16(12-14)9-10-18-15(2)17-8-5-11-19(3)13-17/h4,6-7,12,15,17-18H,5,8-11,13H2,1-3H3. The molecule has 1 aromatic carbocycles. The number of nitrogens with one attached hydrogen (secondary N) is 1. The quantitative estimate of drug-likeness (QED) is 0.876. The molecule has 1 aliphatic heterocycles. The maximum atomic E-state index is 3.71. The third-order valence-corrected chi connectivity index (χ3v) is 4.33. The highest BCUT2D eigenvalue weighted by molar-refractivity contribution is 5.22. The number of hydrogen-bond acceptors (Lipinski definition) is 2. The molecule has 1 saturated heterocycles. The fourth-order valence-electron chi connectivity index (χ4n) is 3.09. The van der Waals surface area contributed by atoms with E-state index in [2.05, 4.69) is 55.4 Å². The highest BCUT2D eigenvalue weighted by atomic mass is 15.1. The van der Waals surface area contributed by atoms with Crippen LogP contribution in [0.5, 0.6) is 0 Å². The van der Waals surface area contributed by atoms with Crippen LogP contribution in [0.2, 0.25) is 0 Å². The van der Waals surface area contributed by atoms with Gasteiger partial charge in [-0.05, 0) is 64.7 Å². The fourth-order valence-corrected chi connectivity index (χ4v) is 3.09. The second-order valence-electron chi connectivity index (χ2n) is 6.15. The molecule has 0 radical (unpaired) electrons. The molecule has 0 amide bonds. The van der Waals surface area contributed by atoms with Crippen LogP contribution in [0.3, 0.4) is 0 Å². The minimum atomic E-state index is 0.632. The van der Waals surface area contributed by atoms with Gasteiger partial charge in [-0.2, -0.15) is 0 Å². The van der Waals surface area contributed by atoms with Gasteiger partial charge in [-0.25, -0.2) is 0 Å². The SMILES string of the molecule is Cc1cccc(CCNC(C)C2CCCN(C)C2)c1. The molecule has 2 rings (SSSR count). The number of aryl methyl sites for hydroxylation is 1. The van der Waals surface area contributed by atoms with Crippen molar-refractivity contribution in [3.8, 4) is 0 Å². The third kappa shape index (κ3) is 4.63. The van der Waals surface area contributed by atoms with Gasteiger partial charge in [-0.3, -0.25) is 0 Å². The number of likely N-dealkylation sites (tertiary alicyclic amines) is 1. The van der Waals surface area contributed by atoms with Crippen molar-refractivity contribution < 1.29 is 0 Å². The molecule has 1 N–H and O–H groups in total. The van der Waals surface area contributed by atoms with Gasteiger partial charge in [0.2, 0.25) is 0 Å². The van der Waals surface area contributed by atoms with Crippen molar-refractivity contribution in [2.24, 2.45) is 5.92 Å². The van der Waals surface area contributed by atoms with Gasteiger partial charge in [-0.1, -0.05) is 29.8 Å². The summed E-state index contributed by atoms with van der Waals surface area (Å²) in [5.74, 6) is 0.816. The molecule has 0 spiro atoms. The van der Waals surface area contributed by atoms with Crippen LogP contribution < -0.4 is 5.32 Å². The van der Waals surface area contributed by atoms with Crippen LogP contribution in [0.1, 0.15) is 30.9 Å². The number of piperidine rings is 1. The molecule has 2 heteroatoms. The van der Waals surface area contributed by atoms with E-state index in [1.165, 1.54) is 37.1 Å². The van der Waals surface area contributed by atoms with Gasteiger partial charge < -0.3 is 10.2 Å². The maximum Gasteiger partial charge on any atom is 0.00793 e. The summed E-state index contributed by atoms with van der Waals surface area (Å²) >= 11 is 0. The molecule has 0 saturated carbocycles. The van der Waals surface area contributed by atoms with Crippen LogP contribution in [0.25, 0.3) is 0 Å². The number of benzene rings is 1. The van der Waals surface area contributed by atoms with Gasteiger partial charge in [0.05, 0.1) is 0 Å². The van der Waals surface area contributed by atoms with Gasteiger partial charge in [-0.15, -0.1) is 0 Å². The number of rotatable bonds is 5. The Morgan fingerprint density at radius 2 is 2.26 bits per heavy atom. The monoisotopic (exact) mass is 260 g/mol. The summed E-state index contributed by atoms with van der Waals surface area (Å²) in [6.45, 7) is 8.12. The first-order chi connectivity index (χ1) is 9.15. The molecule has 1 aromatic rings. The van der Waals surface area contributed by atoms with Crippen LogP contribution in [-0.2, 0) is 6.42 Å². The van der Waals surface area contributed by atoms with E-state index >= 15 is 0 Å². The Labute approximate surface area is 118 Å². The van der Waals surface area contributed by atoms with Crippen LogP contribution in [0.4, 0.5) is 0 Å². The molecule has 19 heavy (non-hydrogen) atoms. The first-order valence-electron chi connectivity index (χ1n) is 7.62. The van der Waals surface area contributed by atoms with Crippen molar-refractivity contribution in [1.82, 2.24) is 10.2 Å². The minimum Gasteiger partial charge on any atom is -0.314 e. The van der Waals surface area contributed by atoms with E-state index in [9.17, 15) is 0 Å². The van der Waals surface area contributed by atoms with Gasteiger partial charge in [0, 0.05) is 12.6 Å². The topological polar surface area (TPSA) is 15.3 Å². The molecular weight excluding hydrogens is 232 g/mol. The Morgan fingerprint density at radius 1 is 1.42 bits per heavy atom. The predicted molar refractivity (Wildman–Crippen MR) is 82.6 cm³/mol. The fraction of sp³-hybridized carbons (Fsp3) is 0.647. The van der Waals surface area contributed by atoms with E-state index in [1.807, 2.05) is 0 Å². The zero-order valence-electron chi connectivity index (χ0n) is 12.7. The Bertz CT molecular complexity index is 389. The lowest BCUT2D eigenvalue weighted by molar-refractivity contribution is 0.179. The lowest BCUT2D eigenvalue weighted by Crippen LogP contribution is -2.43. The summed E-state index contributed by atoms with van der Waals surface area (Å²) in [7, 11) is 2.24. The summed E-state index contributed by atoms with van der Waals surface area (Å²) in [6, 6.07) is 9.48. The molecule has 1 fully saturated rings. The van der Waals surface area contributed by atoms with Crippen molar-refractivity contribution in [2.45, 2.75) is 39.2 Å². The molecule has 0 bridgehead atoms. The molecule has 0 aliphatic carbocycles. The maximum absolute atomic E-state index is 3.71. The number of hydrogen-bond donors (Lipinski definition) is 1. The zero-order chi connectivity index (χ0) is 13.7. The lowest BCUT2D eigenvalue weighted by atomic mass is 9.92. The number of nitrogens with zero attached hydrogens (tertiary/aromatic N) is 1. The van der Waals surface area contributed by atoms with Crippen molar-refractivity contribution in [2.75, 3.05) is 26.7 Å². The van der Waals surface area contributed by atoms with Crippen LogP contribution >= 0.6 is 0 Å². The Balaban J connectivity index is 1.73.